The van der Waals surface area contributed by atoms with Gasteiger partial charge in [-0.2, -0.15) is 0 Å². The van der Waals surface area contributed by atoms with Crippen molar-refractivity contribution >= 4 is 28.5 Å². The first-order chi connectivity index (χ1) is 13.0. The summed E-state index contributed by atoms with van der Waals surface area (Å²) in [5, 5.41) is 3.55. The third-order valence-electron chi connectivity index (χ3n) is 4.16. The highest BCUT2D eigenvalue weighted by Gasteiger charge is 2.19. The van der Waals surface area contributed by atoms with Gasteiger partial charge in [0.05, 0.1) is 19.8 Å². The van der Waals surface area contributed by atoms with E-state index in [4.69, 9.17) is 13.9 Å². The van der Waals surface area contributed by atoms with E-state index in [1.54, 1.807) is 32.2 Å². The van der Waals surface area contributed by atoms with Crippen LogP contribution in [0.1, 0.15) is 18.1 Å². The molecule has 0 bridgehead atoms. The second kappa shape index (κ2) is 7.95. The molecule has 3 aromatic rings. The van der Waals surface area contributed by atoms with Crippen LogP contribution in [0.5, 0.6) is 5.75 Å². The maximum atomic E-state index is 12.2. The summed E-state index contributed by atoms with van der Waals surface area (Å²) in [7, 11) is 1.57. The van der Waals surface area contributed by atoms with Gasteiger partial charge in [0.2, 0.25) is 0 Å². The van der Waals surface area contributed by atoms with Gasteiger partial charge in [-0.3, -0.25) is 9.59 Å². The molecule has 0 saturated carbocycles. The van der Waals surface area contributed by atoms with Crippen LogP contribution in [-0.4, -0.2) is 25.1 Å². The lowest BCUT2D eigenvalue weighted by Gasteiger charge is -2.13. The maximum Gasteiger partial charge on any atom is 0.311 e. The normalized spacial score (nSPS) is 11.8. The molecule has 0 radical (unpaired) electrons. The minimum absolute atomic E-state index is 0.0153. The van der Waals surface area contributed by atoms with Gasteiger partial charge in [-0.1, -0.05) is 12.1 Å². The van der Waals surface area contributed by atoms with Crippen LogP contribution < -0.4 is 10.1 Å². The van der Waals surface area contributed by atoms with Gasteiger partial charge >= 0.3 is 5.97 Å². The smallest absolute Gasteiger partial charge is 0.311 e. The van der Waals surface area contributed by atoms with Crippen molar-refractivity contribution in [2.45, 2.75) is 26.4 Å². The molecule has 6 heteroatoms. The number of rotatable bonds is 6. The minimum atomic E-state index is -0.906. The predicted octanol–water partition coefficient (Wildman–Crippen LogP) is 3.86. The SMILES string of the molecule is COc1ccc2c(CC(=O)O[C@@H](C)C(=O)Nc3cccc(C)c3)coc2c1. The molecule has 0 fully saturated rings. The zero-order valence-electron chi connectivity index (χ0n) is 15.4. The fourth-order valence-electron chi connectivity index (χ4n) is 2.74. The van der Waals surface area contributed by atoms with Crippen LogP contribution in [0.25, 0.3) is 11.0 Å². The molecule has 3 rings (SSSR count). The quantitative estimate of drug-likeness (QED) is 0.669. The molecule has 1 amide bonds. The van der Waals surface area contributed by atoms with Crippen molar-refractivity contribution in [1.82, 2.24) is 0 Å². The molecule has 2 aromatic carbocycles. The first kappa shape index (κ1) is 18.5. The van der Waals surface area contributed by atoms with Crippen molar-refractivity contribution in [2.75, 3.05) is 12.4 Å². The largest absolute Gasteiger partial charge is 0.497 e. The maximum absolute atomic E-state index is 12.2. The number of hydrogen-bond donors (Lipinski definition) is 1. The molecular formula is C21H21NO5. The summed E-state index contributed by atoms with van der Waals surface area (Å²) < 4.78 is 15.9. The number of furan rings is 1. The average Bonchev–Trinajstić information content (AvgIpc) is 3.03. The van der Waals surface area contributed by atoms with Crippen LogP contribution >= 0.6 is 0 Å². The van der Waals surface area contributed by atoms with Crippen LogP contribution in [-0.2, 0) is 20.7 Å². The third-order valence-corrected chi connectivity index (χ3v) is 4.16. The number of anilines is 1. The summed E-state index contributed by atoms with van der Waals surface area (Å²) in [4.78, 5) is 24.5. The molecule has 0 aliphatic carbocycles. The van der Waals surface area contributed by atoms with Crippen molar-refractivity contribution in [3.63, 3.8) is 0 Å². The number of amides is 1. The number of hydrogen-bond acceptors (Lipinski definition) is 5. The molecule has 0 saturated heterocycles. The zero-order chi connectivity index (χ0) is 19.4. The van der Waals surface area contributed by atoms with Gasteiger partial charge < -0.3 is 19.2 Å². The number of methoxy groups -OCH3 is 1. The van der Waals surface area contributed by atoms with Crippen LogP contribution in [0.15, 0.2) is 53.1 Å². The molecular weight excluding hydrogens is 346 g/mol. The Morgan fingerprint density at radius 2 is 2.00 bits per heavy atom. The van der Waals surface area contributed by atoms with Crippen LogP contribution in [0.3, 0.4) is 0 Å². The Bertz CT molecular complexity index is 976. The Hall–Kier alpha value is -3.28. The molecule has 0 aliphatic heterocycles. The van der Waals surface area contributed by atoms with Crippen molar-refractivity contribution in [3.05, 3.63) is 59.9 Å². The summed E-state index contributed by atoms with van der Waals surface area (Å²) in [6, 6.07) is 12.8. The van der Waals surface area contributed by atoms with E-state index >= 15 is 0 Å². The highest BCUT2D eigenvalue weighted by atomic mass is 16.5. The number of fused-ring (bicyclic) bond motifs is 1. The molecule has 27 heavy (non-hydrogen) atoms. The van der Waals surface area contributed by atoms with E-state index in [1.807, 2.05) is 31.2 Å². The zero-order valence-corrected chi connectivity index (χ0v) is 15.4. The Balaban J connectivity index is 1.61. The summed E-state index contributed by atoms with van der Waals surface area (Å²) in [5.41, 5.74) is 3.02. The van der Waals surface area contributed by atoms with Gasteiger partial charge in [-0.15, -0.1) is 0 Å². The molecule has 1 atom stereocenters. The van der Waals surface area contributed by atoms with E-state index in [9.17, 15) is 9.59 Å². The van der Waals surface area contributed by atoms with E-state index in [-0.39, 0.29) is 12.3 Å². The van der Waals surface area contributed by atoms with Crippen LogP contribution in [0.4, 0.5) is 5.69 Å². The Labute approximate surface area is 157 Å². The van der Waals surface area contributed by atoms with E-state index in [0.717, 1.165) is 10.9 Å². The molecule has 1 aromatic heterocycles. The molecule has 0 aliphatic rings. The van der Waals surface area contributed by atoms with Gasteiger partial charge in [-0.25, -0.2) is 0 Å². The Kier molecular flexibility index (Phi) is 5.45. The topological polar surface area (TPSA) is 77.8 Å². The Morgan fingerprint density at radius 3 is 2.74 bits per heavy atom. The summed E-state index contributed by atoms with van der Waals surface area (Å²) in [6.45, 7) is 3.48. The monoisotopic (exact) mass is 367 g/mol. The third kappa shape index (κ3) is 4.47. The van der Waals surface area contributed by atoms with Gasteiger partial charge in [0, 0.05) is 22.7 Å². The molecule has 0 unspecified atom stereocenters. The lowest BCUT2D eigenvalue weighted by molar-refractivity contribution is -0.152. The average molecular weight is 367 g/mol. The molecule has 1 heterocycles. The van der Waals surface area contributed by atoms with Crippen molar-refractivity contribution in [3.8, 4) is 5.75 Å². The number of aryl methyl sites for hydroxylation is 1. The lowest BCUT2D eigenvalue weighted by atomic mass is 10.1. The molecule has 6 nitrogen and oxygen atoms in total. The van der Waals surface area contributed by atoms with Crippen LogP contribution in [0, 0.1) is 6.92 Å². The summed E-state index contributed by atoms with van der Waals surface area (Å²) in [5.74, 6) is -0.205. The number of carbonyl (C=O) groups excluding carboxylic acids is 2. The van der Waals surface area contributed by atoms with Crippen molar-refractivity contribution in [1.29, 1.82) is 0 Å². The minimum Gasteiger partial charge on any atom is -0.497 e. The Morgan fingerprint density at radius 1 is 1.19 bits per heavy atom. The number of nitrogens with one attached hydrogen (secondary N) is 1. The highest BCUT2D eigenvalue weighted by Crippen LogP contribution is 2.26. The van der Waals surface area contributed by atoms with Crippen LogP contribution in [0.2, 0.25) is 0 Å². The predicted molar refractivity (Wildman–Crippen MR) is 102 cm³/mol. The number of benzene rings is 2. The molecule has 1 N–H and O–H groups in total. The summed E-state index contributed by atoms with van der Waals surface area (Å²) in [6.07, 6.45) is 0.626. The first-order valence-electron chi connectivity index (χ1n) is 8.57. The van der Waals surface area contributed by atoms with E-state index in [2.05, 4.69) is 5.32 Å². The molecule has 140 valence electrons. The van der Waals surface area contributed by atoms with Gasteiger partial charge in [0.1, 0.15) is 11.3 Å². The number of esters is 1. The van der Waals surface area contributed by atoms with Gasteiger partial charge in [0.25, 0.3) is 5.91 Å². The van der Waals surface area contributed by atoms with E-state index in [1.165, 1.54) is 6.26 Å². The molecule has 0 spiro atoms. The van der Waals surface area contributed by atoms with E-state index in [0.29, 0.717) is 22.6 Å². The fourth-order valence-corrected chi connectivity index (χ4v) is 2.74. The second-order valence-electron chi connectivity index (χ2n) is 6.29. The summed E-state index contributed by atoms with van der Waals surface area (Å²) >= 11 is 0. The lowest BCUT2D eigenvalue weighted by Crippen LogP contribution is -2.30. The van der Waals surface area contributed by atoms with E-state index < -0.39 is 12.1 Å². The van der Waals surface area contributed by atoms with Gasteiger partial charge in [-0.05, 0) is 43.7 Å². The second-order valence-corrected chi connectivity index (χ2v) is 6.29. The van der Waals surface area contributed by atoms with Crippen molar-refractivity contribution in [2.24, 2.45) is 0 Å². The first-order valence-corrected chi connectivity index (χ1v) is 8.57. The van der Waals surface area contributed by atoms with Gasteiger partial charge in [0.15, 0.2) is 6.10 Å². The number of carbonyl (C=O) groups is 2. The van der Waals surface area contributed by atoms with Crippen molar-refractivity contribution < 1.29 is 23.5 Å². The standard InChI is InChI=1S/C21H21NO5/c1-13-5-4-6-16(9-13)22-21(24)14(2)27-20(23)10-15-12-26-19-11-17(25-3)7-8-18(15)19/h4-9,11-12,14H,10H2,1-3H3,(H,22,24)/t14-/m0/s1. The number of ether oxygens (including phenoxy) is 2. The highest BCUT2D eigenvalue weighted by molar-refractivity contribution is 5.95. The fraction of sp³-hybridized carbons (Fsp3) is 0.238.